The van der Waals surface area contributed by atoms with Crippen molar-refractivity contribution in [2.45, 2.75) is 24.5 Å². The van der Waals surface area contributed by atoms with Crippen LogP contribution in [0, 0.1) is 0 Å². The van der Waals surface area contributed by atoms with Crippen molar-refractivity contribution in [3.8, 4) is 11.3 Å². The molecule has 0 fully saturated rings. The molecule has 4 heterocycles. The Morgan fingerprint density at radius 3 is 2.63 bits per heavy atom. The van der Waals surface area contributed by atoms with Crippen molar-refractivity contribution in [3.63, 3.8) is 0 Å². The maximum absolute atomic E-state index is 13.4. The summed E-state index contributed by atoms with van der Waals surface area (Å²) in [6.45, 7) is 1.15. The van der Waals surface area contributed by atoms with Crippen LogP contribution in [0.3, 0.4) is 0 Å². The van der Waals surface area contributed by atoms with Crippen LogP contribution < -0.4 is 0 Å². The Kier molecular flexibility index (Phi) is 4.52. The van der Waals surface area contributed by atoms with E-state index in [9.17, 15) is 8.42 Å². The van der Waals surface area contributed by atoms with Gasteiger partial charge in [0.15, 0.2) is 0 Å². The Labute approximate surface area is 175 Å². The lowest BCUT2D eigenvalue weighted by Crippen LogP contribution is -2.30. The van der Waals surface area contributed by atoms with Gasteiger partial charge in [0.2, 0.25) is 10.0 Å². The lowest BCUT2D eigenvalue weighted by molar-refractivity contribution is 0.396. The number of benzene rings is 1. The smallest absolute Gasteiger partial charge is 0.243 e. The maximum Gasteiger partial charge on any atom is 0.243 e. The zero-order chi connectivity index (χ0) is 20.7. The monoisotopic (exact) mass is 419 g/mol. The third kappa shape index (κ3) is 3.24. The summed E-state index contributed by atoms with van der Waals surface area (Å²) in [4.78, 5) is 4.46. The van der Waals surface area contributed by atoms with Crippen LogP contribution in [0.4, 0.5) is 0 Å². The lowest BCUT2D eigenvalue weighted by Gasteiger charge is -2.21. The van der Waals surface area contributed by atoms with Gasteiger partial charge in [-0.25, -0.2) is 8.42 Å². The molecule has 1 aromatic carbocycles. The molecule has 1 aliphatic rings. The predicted molar refractivity (Wildman–Crippen MR) is 113 cm³/mol. The summed E-state index contributed by atoms with van der Waals surface area (Å²) in [5.41, 5.74) is 4.67. The van der Waals surface area contributed by atoms with Crippen molar-refractivity contribution in [2.24, 2.45) is 7.05 Å². The zero-order valence-corrected chi connectivity index (χ0v) is 17.3. The van der Waals surface area contributed by atoms with Gasteiger partial charge in [-0.2, -0.15) is 9.40 Å². The van der Waals surface area contributed by atoms with Crippen molar-refractivity contribution in [1.82, 2.24) is 23.6 Å². The molecule has 0 unspecified atom stereocenters. The average molecular weight is 420 g/mol. The summed E-state index contributed by atoms with van der Waals surface area (Å²) in [6, 6.07) is 14.5. The van der Waals surface area contributed by atoms with E-state index in [1.807, 2.05) is 59.2 Å². The SMILES string of the molecule is Cn1ccc2c1CN(S(=O)(=O)c1ccccc1)Cc1cn(Cc3cccnc3)nc1-2. The van der Waals surface area contributed by atoms with E-state index in [1.54, 1.807) is 30.5 Å². The third-order valence-electron chi connectivity index (χ3n) is 5.42. The van der Waals surface area contributed by atoms with Crippen LogP contribution in [0.2, 0.25) is 0 Å². The van der Waals surface area contributed by atoms with Crippen LogP contribution in [0.5, 0.6) is 0 Å². The summed E-state index contributed by atoms with van der Waals surface area (Å²) in [7, 11) is -1.71. The summed E-state index contributed by atoms with van der Waals surface area (Å²) in [6.07, 6.45) is 7.45. The summed E-state index contributed by atoms with van der Waals surface area (Å²) in [5, 5.41) is 4.80. The summed E-state index contributed by atoms with van der Waals surface area (Å²) < 4.78 is 32.1. The first-order chi connectivity index (χ1) is 14.5. The van der Waals surface area contributed by atoms with Crippen LogP contribution in [0.25, 0.3) is 11.3 Å². The van der Waals surface area contributed by atoms with E-state index in [-0.39, 0.29) is 6.54 Å². The number of sulfonamides is 1. The minimum Gasteiger partial charge on any atom is -0.353 e. The highest BCUT2D eigenvalue weighted by atomic mass is 32.2. The first-order valence-electron chi connectivity index (χ1n) is 9.67. The summed E-state index contributed by atoms with van der Waals surface area (Å²) >= 11 is 0. The Morgan fingerprint density at radius 2 is 1.87 bits per heavy atom. The lowest BCUT2D eigenvalue weighted by atomic mass is 10.1. The molecule has 3 aromatic heterocycles. The van der Waals surface area contributed by atoms with Gasteiger partial charge in [-0.15, -0.1) is 0 Å². The maximum atomic E-state index is 13.4. The highest BCUT2D eigenvalue weighted by Gasteiger charge is 2.32. The number of pyridine rings is 1. The van der Waals surface area contributed by atoms with E-state index in [0.717, 1.165) is 28.1 Å². The molecule has 30 heavy (non-hydrogen) atoms. The molecule has 5 rings (SSSR count). The Morgan fingerprint density at radius 1 is 1.03 bits per heavy atom. The van der Waals surface area contributed by atoms with Crippen LogP contribution in [0.15, 0.2) is 78.2 Å². The Bertz CT molecular complexity index is 1290. The van der Waals surface area contributed by atoms with Crippen molar-refractivity contribution < 1.29 is 8.42 Å². The molecule has 0 radical (unpaired) electrons. The quantitative estimate of drug-likeness (QED) is 0.510. The molecule has 0 spiro atoms. The molecule has 8 heteroatoms. The molecule has 0 atom stereocenters. The third-order valence-corrected chi connectivity index (χ3v) is 7.22. The van der Waals surface area contributed by atoms with E-state index in [4.69, 9.17) is 5.10 Å². The number of aromatic nitrogens is 4. The molecular formula is C22H21N5O2S. The molecule has 4 aromatic rings. The Hall–Kier alpha value is -3.23. The van der Waals surface area contributed by atoms with E-state index >= 15 is 0 Å². The largest absolute Gasteiger partial charge is 0.353 e. The first-order valence-corrected chi connectivity index (χ1v) is 11.1. The van der Waals surface area contributed by atoms with E-state index in [2.05, 4.69) is 4.98 Å². The van der Waals surface area contributed by atoms with Crippen molar-refractivity contribution in [2.75, 3.05) is 0 Å². The second-order valence-corrected chi connectivity index (χ2v) is 9.37. The fourth-order valence-corrected chi connectivity index (χ4v) is 5.26. The molecule has 0 aliphatic carbocycles. The van der Waals surface area contributed by atoms with Crippen LogP contribution >= 0.6 is 0 Å². The van der Waals surface area contributed by atoms with E-state index in [0.29, 0.717) is 18.0 Å². The van der Waals surface area contributed by atoms with Gasteiger partial charge in [0.05, 0.1) is 23.7 Å². The number of hydrogen-bond acceptors (Lipinski definition) is 4. The van der Waals surface area contributed by atoms with Crippen molar-refractivity contribution in [3.05, 3.63) is 90.1 Å². The zero-order valence-electron chi connectivity index (χ0n) is 16.5. The molecule has 0 bridgehead atoms. The molecule has 0 amide bonds. The second-order valence-electron chi connectivity index (χ2n) is 7.43. The number of rotatable bonds is 4. The van der Waals surface area contributed by atoms with Crippen molar-refractivity contribution in [1.29, 1.82) is 0 Å². The number of nitrogens with zero attached hydrogens (tertiary/aromatic N) is 5. The topological polar surface area (TPSA) is 73.0 Å². The van der Waals surface area contributed by atoms with Crippen molar-refractivity contribution >= 4 is 10.0 Å². The number of hydrogen-bond donors (Lipinski definition) is 0. The van der Waals surface area contributed by atoms with E-state index in [1.165, 1.54) is 4.31 Å². The summed E-state index contributed by atoms with van der Waals surface area (Å²) in [5.74, 6) is 0. The number of fused-ring (bicyclic) bond motifs is 3. The van der Waals surface area contributed by atoms with Gasteiger partial charge in [0, 0.05) is 55.2 Å². The standard InChI is InChI=1S/C22H21N5O2S/c1-25-11-9-20-21(25)16-27(30(28,29)19-7-3-2-4-8-19)15-18-14-26(24-22(18)20)13-17-6-5-10-23-12-17/h2-12,14H,13,15-16H2,1H3. The van der Waals surface area contributed by atoms with Gasteiger partial charge in [0.25, 0.3) is 0 Å². The van der Waals surface area contributed by atoms with Gasteiger partial charge in [-0.1, -0.05) is 24.3 Å². The normalized spacial score (nSPS) is 14.2. The fourth-order valence-electron chi connectivity index (χ4n) is 3.86. The average Bonchev–Trinajstić information content (AvgIpc) is 3.27. The van der Waals surface area contributed by atoms with Gasteiger partial charge >= 0.3 is 0 Å². The highest BCUT2D eigenvalue weighted by molar-refractivity contribution is 7.89. The number of aryl methyl sites for hydroxylation is 1. The van der Waals surface area contributed by atoms with Gasteiger partial charge in [-0.3, -0.25) is 9.67 Å². The molecule has 0 N–H and O–H groups in total. The molecular weight excluding hydrogens is 398 g/mol. The van der Waals surface area contributed by atoms with E-state index < -0.39 is 10.0 Å². The highest BCUT2D eigenvalue weighted by Crippen LogP contribution is 2.34. The minimum absolute atomic E-state index is 0.272. The minimum atomic E-state index is -3.64. The molecule has 152 valence electrons. The molecule has 0 saturated carbocycles. The van der Waals surface area contributed by atoms with Crippen LogP contribution in [-0.2, 0) is 36.7 Å². The van der Waals surface area contributed by atoms with Crippen LogP contribution in [-0.4, -0.2) is 32.1 Å². The van der Waals surface area contributed by atoms with Gasteiger partial charge in [0.1, 0.15) is 0 Å². The predicted octanol–water partition coefficient (Wildman–Crippen LogP) is 3.04. The molecule has 7 nitrogen and oxygen atoms in total. The Balaban J connectivity index is 1.58. The van der Waals surface area contributed by atoms with Crippen LogP contribution in [0.1, 0.15) is 16.8 Å². The molecule has 1 aliphatic heterocycles. The van der Waals surface area contributed by atoms with Gasteiger partial charge in [-0.05, 0) is 29.8 Å². The second kappa shape index (κ2) is 7.23. The van der Waals surface area contributed by atoms with Gasteiger partial charge < -0.3 is 4.57 Å². The fraction of sp³-hybridized carbons (Fsp3) is 0.182. The first kappa shape index (κ1) is 18.8. The molecule has 0 saturated heterocycles.